The number of carbonyl (C=O) groups excluding carboxylic acids is 1. The molecule has 0 bridgehead atoms. The van der Waals surface area contributed by atoms with Crippen LogP contribution in [0.1, 0.15) is 26.2 Å². The van der Waals surface area contributed by atoms with E-state index in [0.29, 0.717) is 12.3 Å². The van der Waals surface area contributed by atoms with Gasteiger partial charge in [-0.15, -0.1) is 0 Å². The fraction of sp³-hybridized carbons (Fsp3) is 0.650. The average Bonchev–Trinajstić information content (AvgIpc) is 2.67. The van der Waals surface area contributed by atoms with Crippen molar-refractivity contribution in [3.63, 3.8) is 0 Å². The second-order valence-corrected chi connectivity index (χ2v) is 7.34. The van der Waals surface area contributed by atoms with Gasteiger partial charge in [0.1, 0.15) is 5.75 Å². The van der Waals surface area contributed by atoms with E-state index in [4.69, 9.17) is 4.74 Å². The number of methoxy groups -OCH3 is 1. The van der Waals surface area contributed by atoms with E-state index in [0.717, 1.165) is 57.5 Å². The van der Waals surface area contributed by atoms with Crippen molar-refractivity contribution in [3.05, 3.63) is 24.3 Å². The van der Waals surface area contributed by atoms with Crippen molar-refractivity contribution in [1.29, 1.82) is 0 Å². The molecule has 5 nitrogen and oxygen atoms in total. The Labute approximate surface area is 151 Å². The quantitative estimate of drug-likeness (QED) is 0.821. The third-order valence-electron chi connectivity index (χ3n) is 5.59. The predicted molar refractivity (Wildman–Crippen MR) is 101 cm³/mol. The van der Waals surface area contributed by atoms with Crippen molar-refractivity contribution in [2.75, 3.05) is 57.8 Å². The summed E-state index contributed by atoms with van der Waals surface area (Å²) >= 11 is 0. The maximum atomic E-state index is 12.5. The first-order chi connectivity index (χ1) is 12.2. The fourth-order valence-electron chi connectivity index (χ4n) is 3.70. The highest BCUT2D eigenvalue weighted by atomic mass is 16.5. The molecule has 1 aromatic rings. The van der Waals surface area contributed by atoms with E-state index in [2.05, 4.69) is 28.9 Å². The van der Waals surface area contributed by atoms with Crippen molar-refractivity contribution < 1.29 is 9.53 Å². The van der Waals surface area contributed by atoms with E-state index < -0.39 is 0 Å². The van der Waals surface area contributed by atoms with Crippen molar-refractivity contribution in [2.45, 2.75) is 26.2 Å². The van der Waals surface area contributed by atoms with Gasteiger partial charge in [0, 0.05) is 44.8 Å². The number of hydrogen-bond donors (Lipinski definition) is 0. The van der Waals surface area contributed by atoms with Crippen LogP contribution in [0.25, 0.3) is 0 Å². The first-order valence-corrected chi connectivity index (χ1v) is 9.55. The van der Waals surface area contributed by atoms with Crippen molar-refractivity contribution in [1.82, 2.24) is 9.80 Å². The van der Waals surface area contributed by atoms with Gasteiger partial charge in [0.15, 0.2) is 0 Å². The molecule has 3 rings (SSSR count). The molecule has 1 amide bonds. The summed E-state index contributed by atoms with van der Waals surface area (Å²) in [6.07, 6.45) is 3.21. The molecule has 0 saturated carbocycles. The summed E-state index contributed by atoms with van der Waals surface area (Å²) in [6.45, 7) is 9.00. The second-order valence-electron chi connectivity index (χ2n) is 7.34. The summed E-state index contributed by atoms with van der Waals surface area (Å²) < 4.78 is 5.21. The SMILES string of the molecule is COc1ccc(N2CCN(C(=O)CCN3CCC(C)CC3)CC2)cc1. The summed E-state index contributed by atoms with van der Waals surface area (Å²) in [5.41, 5.74) is 1.20. The number of rotatable bonds is 5. The van der Waals surface area contributed by atoms with Crippen LogP contribution in [0.2, 0.25) is 0 Å². The van der Waals surface area contributed by atoms with Crippen LogP contribution >= 0.6 is 0 Å². The van der Waals surface area contributed by atoms with Crippen LogP contribution in [-0.2, 0) is 4.79 Å². The molecule has 2 aliphatic rings. The van der Waals surface area contributed by atoms with Gasteiger partial charge < -0.3 is 19.4 Å². The number of hydrogen-bond acceptors (Lipinski definition) is 4. The van der Waals surface area contributed by atoms with Crippen LogP contribution in [0.15, 0.2) is 24.3 Å². The molecule has 2 saturated heterocycles. The Balaban J connectivity index is 1.41. The first kappa shape index (κ1) is 18.1. The van der Waals surface area contributed by atoms with Crippen molar-refractivity contribution >= 4 is 11.6 Å². The van der Waals surface area contributed by atoms with E-state index in [-0.39, 0.29) is 0 Å². The molecule has 1 aromatic carbocycles. The lowest BCUT2D eigenvalue weighted by molar-refractivity contribution is -0.131. The molecule has 0 radical (unpaired) electrons. The van der Waals surface area contributed by atoms with Gasteiger partial charge in [0.2, 0.25) is 5.91 Å². The number of piperidine rings is 1. The number of piperazine rings is 1. The zero-order chi connectivity index (χ0) is 17.6. The molecule has 0 aromatic heterocycles. The largest absolute Gasteiger partial charge is 0.497 e. The van der Waals surface area contributed by atoms with Gasteiger partial charge in [-0.05, 0) is 56.1 Å². The zero-order valence-electron chi connectivity index (χ0n) is 15.6. The van der Waals surface area contributed by atoms with Crippen LogP contribution in [0.5, 0.6) is 5.75 Å². The van der Waals surface area contributed by atoms with Gasteiger partial charge in [-0.1, -0.05) is 6.92 Å². The Morgan fingerprint density at radius 2 is 1.68 bits per heavy atom. The summed E-state index contributed by atoms with van der Waals surface area (Å²) in [6, 6.07) is 8.17. The van der Waals surface area contributed by atoms with E-state index in [1.807, 2.05) is 17.0 Å². The Bertz CT molecular complexity index is 545. The monoisotopic (exact) mass is 345 g/mol. The normalized spacial score (nSPS) is 19.9. The lowest BCUT2D eigenvalue weighted by Crippen LogP contribution is -2.49. The van der Waals surface area contributed by atoms with E-state index >= 15 is 0 Å². The minimum absolute atomic E-state index is 0.313. The minimum atomic E-state index is 0.313. The Morgan fingerprint density at radius 1 is 1.04 bits per heavy atom. The zero-order valence-corrected chi connectivity index (χ0v) is 15.6. The molecule has 0 unspecified atom stereocenters. The maximum absolute atomic E-state index is 12.5. The summed E-state index contributed by atoms with van der Waals surface area (Å²) in [7, 11) is 1.68. The number of anilines is 1. The number of carbonyl (C=O) groups is 1. The van der Waals surface area contributed by atoms with Crippen LogP contribution in [0.4, 0.5) is 5.69 Å². The molecule has 2 aliphatic heterocycles. The third kappa shape index (κ3) is 4.88. The lowest BCUT2D eigenvalue weighted by Gasteiger charge is -2.37. The van der Waals surface area contributed by atoms with Crippen molar-refractivity contribution in [2.24, 2.45) is 5.92 Å². The molecule has 25 heavy (non-hydrogen) atoms. The van der Waals surface area contributed by atoms with Gasteiger partial charge in [-0.2, -0.15) is 0 Å². The highest BCUT2D eigenvalue weighted by Gasteiger charge is 2.22. The molecule has 0 N–H and O–H groups in total. The topological polar surface area (TPSA) is 36.0 Å². The number of benzene rings is 1. The summed E-state index contributed by atoms with van der Waals surface area (Å²) in [5.74, 6) is 2.04. The van der Waals surface area contributed by atoms with Gasteiger partial charge in [-0.3, -0.25) is 4.79 Å². The smallest absolute Gasteiger partial charge is 0.223 e. The van der Waals surface area contributed by atoms with Crippen LogP contribution in [0, 0.1) is 5.92 Å². The lowest BCUT2D eigenvalue weighted by atomic mass is 9.99. The summed E-state index contributed by atoms with van der Waals surface area (Å²) in [5, 5.41) is 0. The van der Waals surface area contributed by atoms with Crippen molar-refractivity contribution in [3.8, 4) is 5.75 Å². The van der Waals surface area contributed by atoms with Gasteiger partial charge >= 0.3 is 0 Å². The van der Waals surface area contributed by atoms with Crippen LogP contribution in [-0.4, -0.2) is 68.6 Å². The minimum Gasteiger partial charge on any atom is -0.497 e. The number of ether oxygens (including phenoxy) is 1. The first-order valence-electron chi connectivity index (χ1n) is 9.55. The Hall–Kier alpha value is -1.75. The molecule has 2 heterocycles. The molecule has 0 spiro atoms. The maximum Gasteiger partial charge on any atom is 0.223 e. The Kier molecular flexibility index (Phi) is 6.19. The molecule has 2 fully saturated rings. The molecular formula is C20H31N3O2. The highest BCUT2D eigenvalue weighted by molar-refractivity contribution is 5.76. The van der Waals surface area contributed by atoms with E-state index in [1.165, 1.54) is 18.5 Å². The fourth-order valence-corrected chi connectivity index (χ4v) is 3.70. The highest BCUT2D eigenvalue weighted by Crippen LogP contribution is 2.21. The van der Waals surface area contributed by atoms with Crippen LogP contribution in [0.3, 0.4) is 0 Å². The molecule has 138 valence electrons. The van der Waals surface area contributed by atoms with Crippen LogP contribution < -0.4 is 9.64 Å². The van der Waals surface area contributed by atoms with Gasteiger partial charge in [0.25, 0.3) is 0 Å². The third-order valence-corrected chi connectivity index (χ3v) is 5.59. The molecule has 0 atom stereocenters. The number of amides is 1. The number of likely N-dealkylation sites (tertiary alicyclic amines) is 1. The number of nitrogens with zero attached hydrogens (tertiary/aromatic N) is 3. The average molecular weight is 345 g/mol. The van der Waals surface area contributed by atoms with E-state index in [9.17, 15) is 4.79 Å². The van der Waals surface area contributed by atoms with Gasteiger partial charge in [0.05, 0.1) is 7.11 Å². The standard InChI is InChI=1S/C20H31N3O2/c1-17-7-10-21(11-8-17)12-9-20(24)23-15-13-22(14-16-23)18-3-5-19(25-2)6-4-18/h3-6,17H,7-16H2,1-2H3. The molecular weight excluding hydrogens is 314 g/mol. The van der Waals surface area contributed by atoms with Gasteiger partial charge in [-0.25, -0.2) is 0 Å². The van der Waals surface area contributed by atoms with E-state index in [1.54, 1.807) is 7.11 Å². The Morgan fingerprint density at radius 3 is 2.28 bits per heavy atom. The second kappa shape index (κ2) is 8.56. The predicted octanol–water partition coefficient (Wildman–Crippen LogP) is 2.47. The molecule has 5 heteroatoms. The summed E-state index contributed by atoms with van der Waals surface area (Å²) in [4.78, 5) is 19.3. The molecule has 0 aliphatic carbocycles.